The summed E-state index contributed by atoms with van der Waals surface area (Å²) in [6.45, 7) is 0. The molecule has 0 saturated carbocycles. The Hall–Kier alpha value is -1.41. The lowest BCUT2D eigenvalue weighted by atomic mass is 10.2. The second-order valence-corrected chi connectivity index (χ2v) is 2.51. The van der Waals surface area contributed by atoms with Crippen LogP contribution in [0.15, 0.2) is 6.20 Å². The standard InChI is InChI=1S/C7H3ClF2N2O/c8-6-3(1-11)12-2-4(13)5(6)7(9)10/h2,7,13H. The summed E-state index contributed by atoms with van der Waals surface area (Å²) in [4.78, 5) is 3.36. The number of halogens is 3. The Kier molecular flexibility index (Phi) is 2.63. The highest BCUT2D eigenvalue weighted by molar-refractivity contribution is 6.32. The molecule has 0 spiro atoms. The summed E-state index contributed by atoms with van der Waals surface area (Å²) >= 11 is 5.38. The smallest absolute Gasteiger partial charge is 0.269 e. The average molecular weight is 205 g/mol. The molecule has 0 aliphatic rings. The van der Waals surface area contributed by atoms with Crippen LogP contribution in [0.3, 0.4) is 0 Å². The van der Waals surface area contributed by atoms with Crippen LogP contribution in [0.1, 0.15) is 17.7 Å². The fourth-order valence-corrected chi connectivity index (χ4v) is 1.05. The lowest BCUT2D eigenvalue weighted by Crippen LogP contribution is -1.93. The highest BCUT2D eigenvalue weighted by Gasteiger charge is 2.20. The first kappa shape index (κ1) is 9.68. The Morgan fingerprint density at radius 1 is 1.62 bits per heavy atom. The van der Waals surface area contributed by atoms with Gasteiger partial charge in [-0.15, -0.1) is 0 Å². The van der Waals surface area contributed by atoms with Gasteiger partial charge >= 0.3 is 0 Å². The van der Waals surface area contributed by atoms with Crippen LogP contribution < -0.4 is 0 Å². The van der Waals surface area contributed by atoms with E-state index < -0.39 is 22.8 Å². The molecule has 1 aromatic rings. The Labute approximate surface area is 77.2 Å². The highest BCUT2D eigenvalue weighted by atomic mass is 35.5. The third-order valence-corrected chi connectivity index (χ3v) is 1.74. The van der Waals surface area contributed by atoms with Crippen LogP contribution in [0.25, 0.3) is 0 Å². The molecule has 0 radical (unpaired) electrons. The first-order valence-electron chi connectivity index (χ1n) is 3.13. The Morgan fingerprint density at radius 3 is 2.69 bits per heavy atom. The SMILES string of the molecule is N#Cc1ncc(O)c(C(F)F)c1Cl. The largest absolute Gasteiger partial charge is 0.506 e. The molecule has 0 atom stereocenters. The van der Waals surface area contributed by atoms with Crippen molar-refractivity contribution >= 4 is 11.6 Å². The number of rotatable bonds is 1. The second kappa shape index (κ2) is 3.54. The van der Waals surface area contributed by atoms with Crippen molar-refractivity contribution in [1.82, 2.24) is 4.98 Å². The number of hydrogen-bond acceptors (Lipinski definition) is 3. The molecule has 0 aliphatic carbocycles. The molecular weight excluding hydrogens is 202 g/mol. The van der Waals surface area contributed by atoms with Crippen molar-refractivity contribution in [1.29, 1.82) is 5.26 Å². The first-order valence-corrected chi connectivity index (χ1v) is 3.51. The van der Waals surface area contributed by atoms with Crippen molar-refractivity contribution < 1.29 is 13.9 Å². The summed E-state index contributed by atoms with van der Waals surface area (Å²) < 4.78 is 24.4. The quantitative estimate of drug-likeness (QED) is 0.763. The minimum atomic E-state index is -2.93. The van der Waals surface area contributed by atoms with Crippen molar-refractivity contribution in [2.75, 3.05) is 0 Å². The molecule has 0 aromatic carbocycles. The second-order valence-electron chi connectivity index (χ2n) is 2.13. The minimum absolute atomic E-state index is 0.324. The number of aromatic hydroxyl groups is 1. The van der Waals surface area contributed by atoms with E-state index in [9.17, 15) is 8.78 Å². The molecule has 1 heterocycles. The topological polar surface area (TPSA) is 56.9 Å². The van der Waals surface area contributed by atoms with E-state index in [0.29, 0.717) is 0 Å². The Morgan fingerprint density at radius 2 is 2.23 bits per heavy atom. The maximum atomic E-state index is 12.2. The van der Waals surface area contributed by atoms with Crippen LogP contribution in [0.4, 0.5) is 8.78 Å². The van der Waals surface area contributed by atoms with E-state index in [0.717, 1.165) is 6.20 Å². The molecule has 3 nitrogen and oxygen atoms in total. The van der Waals surface area contributed by atoms with Gasteiger partial charge in [0.05, 0.1) is 16.8 Å². The van der Waals surface area contributed by atoms with Crippen molar-refractivity contribution in [3.8, 4) is 11.8 Å². The zero-order chi connectivity index (χ0) is 10.0. The van der Waals surface area contributed by atoms with Crippen LogP contribution in [-0.2, 0) is 0 Å². The maximum Gasteiger partial charge on any atom is 0.269 e. The van der Waals surface area contributed by atoms with Gasteiger partial charge < -0.3 is 5.11 Å². The van der Waals surface area contributed by atoms with Gasteiger partial charge in [-0.2, -0.15) is 5.26 Å². The molecule has 0 fully saturated rings. The van der Waals surface area contributed by atoms with Gasteiger partial charge in [0.2, 0.25) is 0 Å². The van der Waals surface area contributed by atoms with Crippen molar-refractivity contribution in [2.24, 2.45) is 0 Å². The van der Waals surface area contributed by atoms with Crippen LogP contribution in [0, 0.1) is 11.3 Å². The number of hydrogen-bond donors (Lipinski definition) is 1. The predicted molar refractivity (Wildman–Crippen MR) is 40.6 cm³/mol. The molecule has 0 aliphatic heterocycles. The van der Waals surface area contributed by atoms with Gasteiger partial charge in [0, 0.05) is 0 Å². The zero-order valence-electron chi connectivity index (χ0n) is 6.13. The number of nitriles is 1. The van der Waals surface area contributed by atoms with Gasteiger partial charge in [-0.05, 0) is 0 Å². The van der Waals surface area contributed by atoms with Gasteiger partial charge in [0.25, 0.3) is 6.43 Å². The van der Waals surface area contributed by atoms with Gasteiger partial charge in [0.15, 0.2) is 5.69 Å². The van der Waals surface area contributed by atoms with E-state index in [2.05, 4.69) is 4.98 Å². The lowest BCUT2D eigenvalue weighted by molar-refractivity contribution is 0.147. The summed E-state index contributed by atoms with van der Waals surface area (Å²) in [6.07, 6.45) is -2.16. The number of alkyl halides is 2. The molecule has 1 rings (SSSR count). The highest BCUT2D eigenvalue weighted by Crippen LogP contribution is 2.35. The normalized spacial score (nSPS) is 10.1. The number of nitrogens with zero attached hydrogens (tertiary/aromatic N) is 2. The van der Waals surface area contributed by atoms with Gasteiger partial charge in [-0.1, -0.05) is 11.6 Å². The van der Waals surface area contributed by atoms with Crippen LogP contribution >= 0.6 is 11.6 Å². The number of aromatic nitrogens is 1. The summed E-state index contributed by atoms with van der Waals surface area (Å²) in [5, 5.41) is 16.8. The lowest BCUT2D eigenvalue weighted by Gasteiger charge is -2.05. The molecular formula is C7H3ClF2N2O. The molecule has 1 N–H and O–H groups in total. The third kappa shape index (κ3) is 1.68. The van der Waals surface area contributed by atoms with Crippen molar-refractivity contribution in [2.45, 2.75) is 6.43 Å². The van der Waals surface area contributed by atoms with E-state index in [1.807, 2.05) is 0 Å². The molecule has 0 bridgehead atoms. The first-order chi connectivity index (χ1) is 6.07. The predicted octanol–water partition coefficient (Wildman–Crippen LogP) is 2.25. The average Bonchev–Trinajstić information content (AvgIpc) is 2.04. The van der Waals surface area contributed by atoms with E-state index in [-0.39, 0.29) is 5.69 Å². The molecule has 68 valence electrons. The zero-order valence-corrected chi connectivity index (χ0v) is 6.89. The van der Waals surface area contributed by atoms with E-state index in [1.165, 1.54) is 6.07 Å². The molecule has 0 unspecified atom stereocenters. The monoisotopic (exact) mass is 204 g/mol. The summed E-state index contributed by atoms with van der Waals surface area (Å²) in [5.74, 6) is -0.709. The molecule has 0 saturated heterocycles. The molecule has 1 aromatic heterocycles. The summed E-state index contributed by atoms with van der Waals surface area (Å²) in [6, 6.07) is 1.53. The molecule has 13 heavy (non-hydrogen) atoms. The summed E-state index contributed by atoms with van der Waals surface area (Å²) in [7, 11) is 0. The van der Waals surface area contributed by atoms with E-state index >= 15 is 0 Å². The Balaban J connectivity index is 3.41. The molecule has 6 heteroatoms. The number of pyridine rings is 1. The third-order valence-electron chi connectivity index (χ3n) is 1.36. The maximum absolute atomic E-state index is 12.2. The van der Waals surface area contributed by atoms with Crippen LogP contribution in [-0.4, -0.2) is 10.1 Å². The van der Waals surface area contributed by atoms with Crippen LogP contribution in [0.2, 0.25) is 5.02 Å². The fraction of sp³-hybridized carbons (Fsp3) is 0.143. The van der Waals surface area contributed by atoms with E-state index in [4.69, 9.17) is 22.0 Å². The van der Waals surface area contributed by atoms with Crippen LogP contribution in [0.5, 0.6) is 5.75 Å². The fourth-order valence-electron chi connectivity index (χ4n) is 0.777. The minimum Gasteiger partial charge on any atom is -0.506 e. The van der Waals surface area contributed by atoms with Gasteiger partial charge in [0.1, 0.15) is 11.8 Å². The van der Waals surface area contributed by atoms with Gasteiger partial charge in [-0.3, -0.25) is 0 Å². The van der Waals surface area contributed by atoms with E-state index in [1.54, 1.807) is 0 Å². The summed E-state index contributed by atoms with van der Waals surface area (Å²) in [5.41, 5.74) is -1.08. The Bertz CT molecular complexity index is 375. The molecule has 0 amide bonds. The van der Waals surface area contributed by atoms with Crippen molar-refractivity contribution in [3.05, 3.63) is 22.5 Å². The van der Waals surface area contributed by atoms with Gasteiger partial charge in [-0.25, -0.2) is 13.8 Å². The van der Waals surface area contributed by atoms with Crippen molar-refractivity contribution in [3.63, 3.8) is 0 Å².